The summed E-state index contributed by atoms with van der Waals surface area (Å²) in [7, 11) is 0. The molecular formula is C30H44O5. The number of esters is 1. The van der Waals surface area contributed by atoms with Crippen LogP contribution in [-0.2, 0) is 14.3 Å². The summed E-state index contributed by atoms with van der Waals surface area (Å²) in [5.74, 6) is -1.36. The van der Waals surface area contributed by atoms with Gasteiger partial charge in [-0.3, -0.25) is 4.79 Å². The molecule has 0 spiro atoms. The minimum atomic E-state index is -1.50. The van der Waals surface area contributed by atoms with E-state index in [9.17, 15) is 19.8 Å². The summed E-state index contributed by atoms with van der Waals surface area (Å²) in [4.78, 5) is 23.5. The number of carbonyl (C=O) groups excluding carboxylic acids is 1. The van der Waals surface area contributed by atoms with Gasteiger partial charge in [-0.15, -0.1) is 0 Å². The number of cyclic esters (lactones) is 1. The smallest absolute Gasteiger partial charge is 0.336 e. The minimum absolute atomic E-state index is 0.0418. The van der Waals surface area contributed by atoms with E-state index < -0.39 is 17.7 Å². The Balaban J connectivity index is 1.63. The third-order valence-electron chi connectivity index (χ3n) is 11.0. The lowest BCUT2D eigenvalue weighted by Crippen LogP contribution is -2.52. The number of carboxylic acids is 1. The van der Waals surface area contributed by atoms with Crippen molar-refractivity contribution in [3.05, 3.63) is 35.5 Å². The van der Waals surface area contributed by atoms with Gasteiger partial charge in [0.2, 0.25) is 5.79 Å². The number of hydrogen-bond acceptors (Lipinski definition) is 4. The molecule has 2 fully saturated rings. The Morgan fingerprint density at radius 2 is 1.94 bits per heavy atom. The standard InChI is InChI=1S/C30H44O5/c1-18(2)21-8-9-24-23(27(21,5)13-12-25(31)32)11-15-28(6)22(10-14-29(24,28)7)19(3)16-30(34)17-20(4)26(33)35-30/h9,17,19,21-23,34H,1,8,10-16H2,2-7H3,(H,31,32)/t19-,21+,22-,23-,27+,28-,29+,30?/m1/s1. The van der Waals surface area contributed by atoms with E-state index >= 15 is 0 Å². The number of aliphatic hydroxyl groups is 1. The van der Waals surface area contributed by atoms with Gasteiger partial charge in [-0.1, -0.05) is 51.5 Å². The molecule has 194 valence electrons. The minimum Gasteiger partial charge on any atom is -0.481 e. The highest BCUT2D eigenvalue weighted by molar-refractivity contribution is 5.90. The Morgan fingerprint density at radius 3 is 2.51 bits per heavy atom. The van der Waals surface area contributed by atoms with Gasteiger partial charge in [0.05, 0.1) is 0 Å². The summed E-state index contributed by atoms with van der Waals surface area (Å²) in [6.45, 7) is 17.5. The van der Waals surface area contributed by atoms with Crippen molar-refractivity contribution >= 4 is 11.9 Å². The maximum atomic E-state index is 11.9. The summed E-state index contributed by atoms with van der Waals surface area (Å²) in [5.41, 5.74) is 3.19. The van der Waals surface area contributed by atoms with Crippen LogP contribution >= 0.6 is 0 Å². The van der Waals surface area contributed by atoms with Crippen molar-refractivity contribution in [2.24, 2.45) is 39.9 Å². The predicted octanol–water partition coefficient (Wildman–Crippen LogP) is 6.43. The number of aliphatic carboxylic acids is 1. The third kappa shape index (κ3) is 4.02. The van der Waals surface area contributed by atoms with Crippen molar-refractivity contribution < 1.29 is 24.5 Å². The van der Waals surface area contributed by atoms with Crippen molar-refractivity contribution in [3.8, 4) is 0 Å². The maximum absolute atomic E-state index is 11.9. The highest BCUT2D eigenvalue weighted by atomic mass is 16.7. The van der Waals surface area contributed by atoms with Crippen LogP contribution in [-0.4, -0.2) is 27.9 Å². The van der Waals surface area contributed by atoms with Crippen molar-refractivity contribution in [2.75, 3.05) is 0 Å². The van der Waals surface area contributed by atoms with Gasteiger partial charge in [-0.05, 0) is 98.4 Å². The molecule has 4 rings (SSSR count). The summed E-state index contributed by atoms with van der Waals surface area (Å²) in [5, 5.41) is 20.5. The van der Waals surface area contributed by atoms with E-state index in [0.717, 1.165) is 37.7 Å². The van der Waals surface area contributed by atoms with Crippen molar-refractivity contribution in [2.45, 2.75) is 98.7 Å². The lowest BCUT2D eigenvalue weighted by molar-refractivity contribution is -0.185. The first kappa shape index (κ1) is 26.2. The average molecular weight is 485 g/mol. The first-order valence-electron chi connectivity index (χ1n) is 13.4. The zero-order valence-electron chi connectivity index (χ0n) is 22.4. The molecule has 5 nitrogen and oxygen atoms in total. The highest BCUT2D eigenvalue weighted by Gasteiger charge is 2.63. The van der Waals surface area contributed by atoms with Crippen LogP contribution in [0.2, 0.25) is 0 Å². The maximum Gasteiger partial charge on any atom is 0.336 e. The van der Waals surface area contributed by atoms with E-state index in [-0.39, 0.29) is 28.6 Å². The van der Waals surface area contributed by atoms with Crippen molar-refractivity contribution in [3.63, 3.8) is 0 Å². The first-order chi connectivity index (χ1) is 16.2. The highest BCUT2D eigenvalue weighted by Crippen LogP contribution is 2.72. The van der Waals surface area contributed by atoms with Crippen LogP contribution in [0.15, 0.2) is 35.5 Å². The van der Waals surface area contributed by atoms with Gasteiger partial charge in [0.25, 0.3) is 0 Å². The van der Waals surface area contributed by atoms with Crippen LogP contribution in [0.25, 0.3) is 0 Å². The number of carboxylic acid groups (broad SMARTS) is 1. The third-order valence-corrected chi connectivity index (χ3v) is 11.0. The van der Waals surface area contributed by atoms with Gasteiger partial charge in [0.1, 0.15) is 0 Å². The topological polar surface area (TPSA) is 83.8 Å². The molecule has 8 atom stereocenters. The van der Waals surface area contributed by atoms with Gasteiger partial charge in [-0.2, -0.15) is 0 Å². The fourth-order valence-electron chi connectivity index (χ4n) is 8.96. The molecule has 2 saturated carbocycles. The second-order valence-corrected chi connectivity index (χ2v) is 12.9. The molecule has 0 saturated heterocycles. The molecule has 5 heteroatoms. The largest absolute Gasteiger partial charge is 0.481 e. The number of carbonyl (C=O) groups is 2. The summed E-state index contributed by atoms with van der Waals surface area (Å²) in [6.07, 6.45) is 10.6. The number of hydrogen-bond donors (Lipinski definition) is 2. The van der Waals surface area contributed by atoms with Gasteiger partial charge in [0, 0.05) is 18.4 Å². The quantitative estimate of drug-likeness (QED) is 0.321. The van der Waals surface area contributed by atoms with Gasteiger partial charge in [-0.25, -0.2) is 4.79 Å². The molecule has 3 aliphatic carbocycles. The van der Waals surface area contributed by atoms with Crippen LogP contribution in [0, 0.1) is 39.9 Å². The van der Waals surface area contributed by atoms with Crippen LogP contribution in [0.1, 0.15) is 92.9 Å². The fraction of sp³-hybridized carbons (Fsp3) is 0.733. The molecule has 35 heavy (non-hydrogen) atoms. The molecule has 0 amide bonds. The van der Waals surface area contributed by atoms with E-state index in [2.05, 4.69) is 47.3 Å². The van der Waals surface area contributed by atoms with Gasteiger partial charge >= 0.3 is 11.9 Å². The number of ether oxygens (including phenoxy) is 1. The van der Waals surface area contributed by atoms with E-state index in [0.29, 0.717) is 36.2 Å². The summed E-state index contributed by atoms with van der Waals surface area (Å²) < 4.78 is 5.34. The van der Waals surface area contributed by atoms with E-state index in [1.807, 2.05) is 0 Å². The molecule has 0 aromatic carbocycles. The average Bonchev–Trinajstić information content (AvgIpc) is 3.17. The van der Waals surface area contributed by atoms with Crippen LogP contribution in [0.4, 0.5) is 0 Å². The number of fused-ring (bicyclic) bond motifs is 3. The van der Waals surface area contributed by atoms with Crippen LogP contribution in [0.5, 0.6) is 0 Å². The van der Waals surface area contributed by atoms with Crippen molar-refractivity contribution in [1.29, 1.82) is 0 Å². The Kier molecular flexibility index (Phi) is 6.44. The van der Waals surface area contributed by atoms with Gasteiger partial charge < -0.3 is 14.9 Å². The van der Waals surface area contributed by atoms with Crippen LogP contribution < -0.4 is 0 Å². The molecule has 1 aliphatic heterocycles. The van der Waals surface area contributed by atoms with E-state index in [1.165, 1.54) is 5.57 Å². The van der Waals surface area contributed by atoms with Gasteiger partial charge in [0.15, 0.2) is 0 Å². The fourth-order valence-corrected chi connectivity index (χ4v) is 8.96. The second-order valence-electron chi connectivity index (χ2n) is 12.9. The Bertz CT molecular complexity index is 993. The van der Waals surface area contributed by atoms with E-state index in [4.69, 9.17) is 4.74 Å². The Morgan fingerprint density at radius 1 is 1.26 bits per heavy atom. The number of allylic oxidation sites excluding steroid dienone is 3. The monoisotopic (exact) mass is 484 g/mol. The Labute approximate surface area is 210 Å². The molecule has 0 aromatic rings. The summed E-state index contributed by atoms with van der Waals surface area (Å²) in [6, 6.07) is 0. The number of rotatable bonds is 7. The summed E-state index contributed by atoms with van der Waals surface area (Å²) >= 11 is 0. The lowest BCUT2D eigenvalue weighted by atomic mass is 9.44. The van der Waals surface area contributed by atoms with Crippen molar-refractivity contribution in [1.82, 2.24) is 0 Å². The molecule has 0 bridgehead atoms. The molecule has 2 N–H and O–H groups in total. The van der Waals surface area contributed by atoms with Crippen LogP contribution in [0.3, 0.4) is 0 Å². The zero-order chi connectivity index (χ0) is 26.0. The predicted molar refractivity (Wildman–Crippen MR) is 136 cm³/mol. The SMILES string of the molecule is C=C(C)[C@@H]1CC=C2[C@@H](CC[C@]3(C)[C@@H]([C@H](C)CC4(O)C=C(C)C(=O)O4)CC[C@@]23C)[C@@]1(C)CCC(=O)O. The second kappa shape index (κ2) is 8.61. The molecule has 1 heterocycles. The molecule has 0 aromatic heterocycles. The zero-order valence-corrected chi connectivity index (χ0v) is 22.4. The lowest BCUT2D eigenvalue weighted by Gasteiger charge is -2.60. The molecule has 0 radical (unpaired) electrons. The first-order valence-corrected chi connectivity index (χ1v) is 13.4. The van der Waals surface area contributed by atoms with E-state index in [1.54, 1.807) is 13.0 Å². The Hall–Kier alpha value is -1.88. The molecule has 1 unspecified atom stereocenters. The molecule has 4 aliphatic rings. The normalized spacial score (nSPS) is 43.5. The molecular weight excluding hydrogens is 440 g/mol.